The van der Waals surface area contributed by atoms with E-state index in [1.54, 1.807) is 5.63 Å². The van der Waals surface area contributed by atoms with Gasteiger partial charge in [0.05, 0.1) is 0 Å². The van der Waals surface area contributed by atoms with Crippen LogP contribution in [0, 0.1) is 5.63 Å². The standard InChI is InChI=1S/C8H11O7P/c1-3-5(9)15-6(7(2,10)11)8(12,13)4-16-14/h3,6,10-13H,1H2,2H3. The normalized spacial score (nSPS) is 13.6. The zero-order valence-corrected chi connectivity index (χ0v) is 9.22. The van der Waals surface area contributed by atoms with Crippen molar-refractivity contribution in [1.82, 2.24) is 0 Å². The molecule has 0 saturated heterocycles. The van der Waals surface area contributed by atoms with E-state index < -0.39 is 31.6 Å². The third kappa shape index (κ3) is 4.28. The fourth-order valence-electron chi connectivity index (χ4n) is 0.865. The molecule has 4 N–H and O–H groups in total. The van der Waals surface area contributed by atoms with Gasteiger partial charge >= 0.3 is 91.3 Å². The van der Waals surface area contributed by atoms with Gasteiger partial charge in [0.15, 0.2) is 0 Å². The van der Waals surface area contributed by atoms with Crippen molar-refractivity contribution < 1.29 is 34.5 Å². The number of rotatable bonds is 4. The molecule has 8 heteroatoms. The fourth-order valence-corrected chi connectivity index (χ4v) is 1.12. The molecule has 0 radical (unpaired) electrons. The second kappa shape index (κ2) is 5.41. The zero-order valence-electron chi connectivity index (χ0n) is 8.32. The third-order valence-electron chi connectivity index (χ3n) is 1.47. The van der Waals surface area contributed by atoms with Crippen LogP contribution in [-0.4, -0.2) is 44.1 Å². The molecular formula is C8H11O7P. The average Bonchev–Trinajstić information content (AvgIpc) is 2.11. The molecule has 0 aromatic heterocycles. The first kappa shape index (κ1) is 15.1. The van der Waals surface area contributed by atoms with Crippen LogP contribution in [-0.2, 0) is 14.1 Å². The summed E-state index contributed by atoms with van der Waals surface area (Å²) in [5.41, 5.74) is 1.55. The van der Waals surface area contributed by atoms with Crippen LogP contribution >= 0.6 is 7.92 Å². The first-order chi connectivity index (χ1) is 7.15. The van der Waals surface area contributed by atoms with Crippen LogP contribution in [0.15, 0.2) is 12.7 Å². The van der Waals surface area contributed by atoms with Gasteiger partial charge in [-0.3, -0.25) is 0 Å². The number of ether oxygens (including phenoxy) is 1. The van der Waals surface area contributed by atoms with E-state index in [4.69, 9.17) is 10.2 Å². The van der Waals surface area contributed by atoms with Gasteiger partial charge in [0.2, 0.25) is 0 Å². The van der Waals surface area contributed by atoms with Crippen molar-refractivity contribution in [3.05, 3.63) is 12.7 Å². The SMILES string of the molecule is C=CC(=O)OC(C(C)(O)O)C(O)(O)C#P=O. The Kier molecular flexibility index (Phi) is 5.09. The Bertz CT molecular complexity index is 375. The fraction of sp³-hybridized carbons (Fsp3) is 0.500. The summed E-state index contributed by atoms with van der Waals surface area (Å²) in [7, 11) is -0.906. The maximum absolute atomic E-state index is 10.8. The van der Waals surface area contributed by atoms with E-state index in [9.17, 15) is 19.6 Å². The summed E-state index contributed by atoms with van der Waals surface area (Å²) in [6, 6.07) is 0. The summed E-state index contributed by atoms with van der Waals surface area (Å²) < 4.78 is 14.5. The Morgan fingerprint density at radius 3 is 2.31 bits per heavy atom. The van der Waals surface area contributed by atoms with Gasteiger partial charge in [-0.15, -0.1) is 0 Å². The van der Waals surface area contributed by atoms with E-state index in [-0.39, 0.29) is 0 Å². The molecular weight excluding hydrogens is 239 g/mol. The van der Waals surface area contributed by atoms with Crippen molar-refractivity contribution in [3.63, 3.8) is 0 Å². The Labute approximate surface area is 92.1 Å². The maximum atomic E-state index is 10.8. The van der Waals surface area contributed by atoms with Crippen LogP contribution in [0.3, 0.4) is 0 Å². The van der Waals surface area contributed by atoms with E-state index in [2.05, 4.69) is 11.3 Å². The minimum absolute atomic E-state index is 0.684. The molecule has 0 heterocycles. The van der Waals surface area contributed by atoms with Crippen LogP contribution in [0.2, 0.25) is 0 Å². The second-order valence-corrected chi connectivity index (χ2v) is 3.45. The molecule has 0 aliphatic carbocycles. The van der Waals surface area contributed by atoms with Gasteiger partial charge in [0, 0.05) is 0 Å². The number of aliphatic hydroxyl groups is 4. The van der Waals surface area contributed by atoms with Gasteiger partial charge < -0.3 is 0 Å². The molecule has 7 nitrogen and oxygen atoms in total. The molecule has 0 aliphatic rings. The van der Waals surface area contributed by atoms with E-state index in [0.29, 0.717) is 6.08 Å². The van der Waals surface area contributed by atoms with Crippen LogP contribution in [0.4, 0.5) is 0 Å². The number of carbonyl (C=O) groups is 1. The molecule has 0 fully saturated rings. The van der Waals surface area contributed by atoms with Crippen LogP contribution in [0.1, 0.15) is 6.92 Å². The molecule has 16 heavy (non-hydrogen) atoms. The molecule has 0 rings (SSSR count). The van der Waals surface area contributed by atoms with E-state index in [0.717, 1.165) is 6.92 Å². The van der Waals surface area contributed by atoms with Gasteiger partial charge in [-0.25, -0.2) is 0 Å². The van der Waals surface area contributed by atoms with Gasteiger partial charge in [0.25, 0.3) is 0 Å². The molecule has 0 aromatic rings. The van der Waals surface area contributed by atoms with Crippen LogP contribution in [0.25, 0.3) is 0 Å². The second-order valence-electron chi connectivity index (χ2n) is 3.04. The molecule has 1 atom stereocenters. The zero-order chi connectivity index (χ0) is 13.0. The number of carbonyl (C=O) groups excluding carboxylic acids is 1. The van der Waals surface area contributed by atoms with Gasteiger partial charge in [-0.05, 0) is 0 Å². The number of hydrogen-bond donors (Lipinski definition) is 4. The van der Waals surface area contributed by atoms with Crippen molar-refractivity contribution in [2.24, 2.45) is 0 Å². The molecule has 0 amide bonds. The van der Waals surface area contributed by atoms with E-state index in [1.165, 1.54) is 0 Å². The van der Waals surface area contributed by atoms with Crippen LogP contribution in [0.5, 0.6) is 0 Å². The molecule has 0 saturated carbocycles. The summed E-state index contributed by atoms with van der Waals surface area (Å²) in [5.74, 6) is -6.96. The predicted molar refractivity (Wildman–Crippen MR) is 51.6 cm³/mol. The topological polar surface area (TPSA) is 124 Å². The van der Waals surface area contributed by atoms with Crippen molar-refractivity contribution in [2.75, 3.05) is 0 Å². The number of esters is 1. The summed E-state index contributed by atoms with van der Waals surface area (Å²) in [6.07, 6.45) is -1.50. The summed E-state index contributed by atoms with van der Waals surface area (Å²) in [5, 5.41) is 36.8. The summed E-state index contributed by atoms with van der Waals surface area (Å²) in [6.45, 7) is 3.79. The average molecular weight is 250 g/mol. The molecule has 0 bridgehead atoms. The van der Waals surface area contributed by atoms with Crippen molar-refractivity contribution in [1.29, 1.82) is 0 Å². The van der Waals surface area contributed by atoms with Gasteiger partial charge in [-0.2, -0.15) is 0 Å². The minimum atomic E-state index is -3.08. The van der Waals surface area contributed by atoms with Crippen molar-refractivity contribution >= 4 is 13.9 Å². The van der Waals surface area contributed by atoms with Crippen LogP contribution < -0.4 is 0 Å². The van der Waals surface area contributed by atoms with Gasteiger partial charge in [0.1, 0.15) is 0 Å². The summed E-state index contributed by atoms with van der Waals surface area (Å²) in [4.78, 5) is 10.8. The molecule has 0 aromatic carbocycles. The molecule has 0 spiro atoms. The van der Waals surface area contributed by atoms with Gasteiger partial charge in [-0.1, -0.05) is 0 Å². The Morgan fingerprint density at radius 1 is 1.50 bits per heavy atom. The molecule has 0 aliphatic heterocycles. The van der Waals surface area contributed by atoms with Crippen molar-refractivity contribution in [3.8, 4) is 5.63 Å². The quantitative estimate of drug-likeness (QED) is 0.212. The van der Waals surface area contributed by atoms with Crippen molar-refractivity contribution in [2.45, 2.75) is 24.6 Å². The Balaban J connectivity index is 5.23. The third-order valence-corrected chi connectivity index (χ3v) is 1.89. The number of hydrogen-bond acceptors (Lipinski definition) is 7. The van der Waals surface area contributed by atoms with E-state index >= 15 is 0 Å². The Hall–Kier alpha value is -0.940. The predicted octanol–water partition coefficient (Wildman–Crippen LogP) is -1.28. The molecule has 90 valence electrons. The van der Waals surface area contributed by atoms with E-state index in [1.807, 2.05) is 0 Å². The first-order valence-electron chi connectivity index (χ1n) is 3.97. The molecule has 1 unspecified atom stereocenters. The first-order valence-corrected chi connectivity index (χ1v) is 4.78. The summed E-state index contributed by atoms with van der Waals surface area (Å²) >= 11 is 0. The monoisotopic (exact) mass is 250 g/mol. The Morgan fingerprint density at radius 2 is 2.00 bits per heavy atom.